The van der Waals surface area contributed by atoms with Gasteiger partial charge in [0.25, 0.3) is 0 Å². The van der Waals surface area contributed by atoms with E-state index in [4.69, 9.17) is 4.74 Å². The second kappa shape index (κ2) is 5.59. The Hall–Kier alpha value is -2.88. The van der Waals surface area contributed by atoms with Crippen LogP contribution in [0.5, 0.6) is 5.75 Å². The molecule has 2 aromatic carbocycles. The first-order valence-electron chi connectivity index (χ1n) is 8.35. The minimum atomic E-state index is -0.453. The lowest BCUT2D eigenvalue weighted by atomic mass is 9.70. The van der Waals surface area contributed by atoms with E-state index in [9.17, 15) is 4.79 Å². The van der Waals surface area contributed by atoms with E-state index in [1.807, 2.05) is 73.3 Å². The van der Waals surface area contributed by atoms with E-state index in [1.54, 1.807) is 13.3 Å². The number of amides is 1. The number of carbonyl (C=O) groups excluding carboxylic acids is 1. The number of hydrogen-bond acceptors (Lipinski definition) is 3. The Morgan fingerprint density at radius 1 is 1.04 bits per heavy atom. The van der Waals surface area contributed by atoms with Gasteiger partial charge in [0.1, 0.15) is 5.75 Å². The summed E-state index contributed by atoms with van der Waals surface area (Å²) in [6.07, 6.45) is 1.77. The first-order chi connectivity index (χ1) is 12.0. The average molecular weight is 332 g/mol. The van der Waals surface area contributed by atoms with Gasteiger partial charge in [-0.05, 0) is 43.7 Å². The molecule has 126 valence electrons. The third kappa shape index (κ3) is 2.29. The molecule has 0 radical (unpaired) electrons. The Morgan fingerprint density at radius 3 is 2.48 bits per heavy atom. The molecular formula is C21H20N2O2. The van der Waals surface area contributed by atoms with Crippen LogP contribution >= 0.6 is 0 Å². The number of rotatable bonds is 3. The van der Waals surface area contributed by atoms with Crippen LogP contribution in [-0.2, 0) is 4.79 Å². The Bertz CT molecular complexity index is 942. The highest BCUT2D eigenvalue weighted by molar-refractivity contribution is 6.10. The van der Waals surface area contributed by atoms with Crippen LogP contribution in [0.25, 0.3) is 10.9 Å². The Kier molecular flexibility index (Phi) is 3.49. The minimum absolute atomic E-state index is 0.0292. The molecule has 4 heteroatoms. The van der Waals surface area contributed by atoms with Crippen LogP contribution in [0.3, 0.4) is 0 Å². The van der Waals surface area contributed by atoms with E-state index in [0.717, 1.165) is 27.9 Å². The number of ether oxygens (including phenoxy) is 1. The molecule has 0 bridgehead atoms. The quantitative estimate of drug-likeness (QED) is 0.669. The Labute approximate surface area is 147 Å². The number of para-hydroxylation sites is 1. The van der Waals surface area contributed by atoms with Crippen molar-refractivity contribution in [2.24, 2.45) is 5.41 Å². The van der Waals surface area contributed by atoms with E-state index in [-0.39, 0.29) is 11.9 Å². The second-order valence-corrected chi connectivity index (χ2v) is 6.92. The summed E-state index contributed by atoms with van der Waals surface area (Å²) >= 11 is 0. The normalized spacial score (nSPS) is 18.9. The summed E-state index contributed by atoms with van der Waals surface area (Å²) in [4.78, 5) is 19.3. The lowest BCUT2D eigenvalue weighted by Gasteiger charge is -2.53. The molecule has 25 heavy (non-hydrogen) atoms. The zero-order chi connectivity index (χ0) is 17.6. The van der Waals surface area contributed by atoms with E-state index < -0.39 is 5.41 Å². The predicted molar refractivity (Wildman–Crippen MR) is 98.7 cm³/mol. The lowest BCUT2D eigenvalue weighted by molar-refractivity contribution is -0.137. The first kappa shape index (κ1) is 15.6. The third-order valence-electron chi connectivity index (χ3n) is 5.01. The molecule has 1 aliphatic rings. The third-order valence-corrected chi connectivity index (χ3v) is 5.01. The van der Waals surface area contributed by atoms with Gasteiger partial charge in [-0.25, -0.2) is 0 Å². The fourth-order valence-electron chi connectivity index (χ4n) is 3.68. The standard InChI is InChI=1S/C21H20N2O2/c1-21(2)19(15-9-11-16(25-3)12-10-15)23(20(21)24)17-8-4-6-14-7-5-13-22-18(14)17/h4-13,19H,1-3H3. The Morgan fingerprint density at radius 2 is 1.76 bits per heavy atom. The molecule has 4 nitrogen and oxygen atoms in total. The van der Waals surface area contributed by atoms with Crippen LogP contribution in [0.2, 0.25) is 0 Å². The van der Waals surface area contributed by atoms with Crippen molar-refractivity contribution in [2.75, 3.05) is 12.0 Å². The molecule has 1 aromatic heterocycles. The van der Waals surface area contributed by atoms with E-state index in [2.05, 4.69) is 4.98 Å². The van der Waals surface area contributed by atoms with Crippen LogP contribution in [0, 0.1) is 5.41 Å². The van der Waals surface area contributed by atoms with Gasteiger partial charge in [0.15, 0.2) is 0 Å². The number of nitrogens with zero attached hydrogens (tertiary/aromatic N) is 2. The monoisotopic (exact) mass is 332 g/mol. The lowest BCUT2D eigenvalue weighted by Crippen LogP contribution is -2.61. The first-order valence-corrected chi connectivity index (χ1v) is 8.35. The van der Waals surface area contributed by atoms with Crippen molar-refractivity contribution in [3.8, 4) is 5.75 Å². The highest BCUT2D eigenvalue weighted by atomic mass is 16.5. The molecule has 1 fully saturated rings. The molecule has 4 rings (SSSR count). The number of fused-ring (bicyclic) bond motifs is 1. The number of β-lactam (4-membered cyclic amide) rings is 1. The summed E-state index contributed by atoms with van der Waals surface area (Å²) in [5, 5.41) is 1.03. The van der Waals surface area contributed by atoms with Crippen molar-refractivity contribution in [3.05, 3.63) is 66.4 Å². The van der Waals surface area contributed by atoms with Gasteiger partial charge in [0.2, 0.25) is 5.91 Å². The van der Waals surface area contributed by atoms with Gasteiger partial charge in [0.05, 0.1) is 29.8 Å². The van der Waals surface area contributed by atoms with Gasteiger partial charge in [-0.15, -0.1) is 0 Å². The fraction of sp³-hybridized carbons (Fsp3) is 0.238. The fourth-order valence-corrected chi connectivity index (χ4v) is 3.68. The summed E-state index contributed by atoms with van der Waals surface area (Å²) < 4.78 is 5.25. The maximum atomic E-state index is 12.9. The molecule has 0 saturated carbocycles. The number of benzene rings is 2. The smallest absolute Gasteiger partial charge is 0.235 e. The molecule has 1 amide bonds. The average Bonchev–Trinajstić information content (AvgIpc) is 2.65. The maximum Gasteiger partial charge on any atom is 0.235 e. The van der Waals surface area contributed by atoms with Crippen LogP contribution in [-0.4, -0.2) is 18.0 Å². The summed E-state index contributed by atoms with van der Waals surface area (Å²) in [7, 11) is 1.65. The summed E-state index contributed by atoms with van der Waals surface area (Å²) in [6.45, 7) is 4.00. The molecule has 1 saturated heterocycles. The topological polar surface area (TPSA) is 42.4 Å². The van der Waals surface area contributed by atoms with Crippen LogP contribution < -0.4 is 9.64 Å². The molecule has 2 heterocycles. The van der Waals surface area contributed by atoms with Crippen molar-refractivity contribution in [1.29, 1.82) is 0 Å². The molecular weight excluding hydrogens is 312 g/mol. The van der Waals surface area contributed by atoms with Crippen molar-refractivity contribution in [3.63, 3.8) is 0 Å². The van der Waals surface area contributed by atoms with E-state index >= 15 is 0 Å². The Balaban J connectivity index is 1.83. The van der Waals surface area contributed by atoms with Crippen molar-refractivity contribution in [2.45, 2.75) is 19.9 Å². The van der Waals surface area contributed by atoms with E-state index in [1.165, 1.54) is 0 Å². The molecule has 1 aliphatic heterocycles. The number of hydrogen-bond donors (Lipinski definition) is 0. The molecule has 1 unspecified atom stereocenters. The van der Waals surface area contributed by atoms with Crippen LogP contribution in [0.15, 0.2) is 60.8 Å². The number of pyridine rings is 1. The van der Waals surface area contributed by atoms with Crippen LogP contribution in [0.1, 0.15) is 25.5 Å². The predicted octanol–water partition coefficient (Wildman–Crippen LogP) is 4.36. The molecule has 3 aromatic rings. The van der Waals surface area contributed by atoms with Gasteiger partial charge in [-0.3, -0.25) is 9.78 Å². The largest absolute Gasteiger partial charge is 0.497 e. The summed E-state index contributed by atoms with van der Waals surface area (Å²) in [6, 6.07) is 17.8. The zero-order valence-electron chi connectivity index (χ0n) is 14.6. The van der Waals surface area contributed by atoms with Crippen molar-refractivity contribution in [1.82, 2.24) is 4.98 Å². The van der Waals surface area contributed by atoms with E-state index in [0.29, 0.717) is 0 Å². The van der Waals surface area contributed by atoms with Crippen molar-refractivity contribution < 1.29 is 9.53 Å². The van der Waals surface area contributed by atoms with Gasteiger partial charge in [0, 0.05) is 11.6 Å². The highest BCUT2D eigenvalue weighted by Gasteiger charge is 2.55. The number of carbonyl (C=O) groups is 1. The van der Waals surface area contributed by atoms with Crippen molar-refractivity contribution >= 4 is 22.5 Å². The van der Waals surface area contributed by atoms with Gasteiger partial charge < -0.3 is 9.64 Å². The minimum Gasteiger partial charge on any atom is -0.497 e. The van der Waals surface area contributed by atoms with Gasteiger partial charge >= 0.3 is 0 Å². The summed E-state index contributed by atoms with van der Waals surface area (Å²) in [5.74, 6) is 0.928. The molecule has 0 spiro atoms. The van der Waals surface area contributed by atoms with Gasteiger partial charge in [-0.2, -0.15) is 0 Å². The number of aromatic nitrogens is 1. The molecule has 1 atom stereocenters. The highest BCUT2D eigenvalue weighted by Crippen LogP contribution is 2.52. The number of anilines is 1. The molecule has 0 aliphatic carbocycles. The zero-order valence-corrected chi connectivity index (χ0v) is 14.6. The maximum absolute atomic E-state index is 12.9. The summed E-state index contributed by atoms with van der Waals surface area (Å²) in [5.41, 5.74) is 2.36. The SMILES string of the molecule is COc1ccc(C2N(c3cccc4cccnc34)C(=O)C2(C)C)cc1. The van der Waals surface area contributed by atoms with Gasteiger partial charge in [-0.1, -0.05) is 30.3 Å². The van der Waals surface area contributed by atoms with Crippen LogP contribution in [0.4, 0.5) is 5.69 Å². The second-order valence-electron chi connectivity index (χ2n) is 6.92. The molecule has 0 N–H and O–H groups in total. The number of methoxy groups -OCH3 is 1.